The fraction of sp³-hybridized carbons (Fsp3) is 0.292. The monoisotopic (exact) mass is 427 g/mol. The van der Waals surface area contributed by atoms with Crippen molar-refractivity contribution in [1.82, 2.24) is 24.7 Å². The summed E-state index contributed by atoms with van der Waals surface area (Å²) < 4.78 is 2.02. The van der Waals surface area contributed by atoms with Crippen LogP contribution in [0.4, 0.5) is 11.6 Å². The molecule has 1 aliphatic carbocycles. The van der Waals surface area contributed by atoms with Gasteiger partial charge in [-0.15, -0.1) is 0 Å². The summed E-state index contributed by atoms with van der Waals surface area (Å²) in [6, 6.07) is 13.0. The van der Waals surface area contributed by atoms with Gasteiger partial charge in [-0.3, -0.25) is 4.79 Å². The van der Waals surface area contributed by atoms with Crippen molar-refractivity contribution in [2.45, 2.75) is 32.7 Å². The zero-order chi connectivity index (χ0) is 22.2. The lowest BCUT2D eigenvalue weighted by molar-refractivity contribution is 0.102. The molecule has 32 heavy (non-hydrogen) atoms. The number of nitrogens with one attached hydrogen (secondary N) is 1. The molecule has 2 unspecified atom stereocenters. The first-order valence-electron chi connectivity index (χ1n) is 10.8. The fourth-order valence-corrected chi connectivity index (χ4v) is 4.48. The quantitative estimate of drug-likeness (QED) is 0.501. The van der Waals surface area contributed by atoms with E-state index in [0.717, 1.165) is 35.1 Å². The number of aromatic nitrogens is 5. The molecule has 0 radical (unpaired) electrons. The number of nitrogen functional groups attached to an aromatic ring is 1. The van der Waals surface area contributed by atoms with E-state index in [2.05, 4.69) is 34.1 Å². The smallest absolute Gasteiger partial charge is 0.256 e. The van der Waals surface area contributed by atoms with E-state index in [1.165, 1.54) is 6.33 Å². The maximum Gasteiger partial charge on any atom is 0.256 e. The number of rotatable bonds is 4. The van der Waals surface area contributed by atoms with Crippen LogP contribution in [0.5, 0.6) is 0 Å². The van der Waals surface area contributed by atoms with Crippen molar-refractivity contribution >= 4 is 28.6 Å². The molecule has 3 aromatic heterocycles. The average Bonchev–Trinajstić information content (AvgIpc) is 3.35. The molecule has 1 fully saturated rings. The maximum absolute atomic E-state index is 12.6. The largest absolute Gasteiger partial charge is 0.383 e. The number of hydrogen-bond acceptors (Lipinski definition) is 6. The number of hydrogen-bond donors (Lipinski definition) is 2. The van der Waals surface area contributed by atoms with Crippen molar-refractivity contribution in [2.75, 3.05) is 11.1 Å². The number of nitrogens with zero attached hydrogens (tertiary/aromatic N) is 5. The second-order valence-corrected chi connectivity index (χ2v) is 8.58. The van der Waals surface area contributed by atoms with Crippen molar-refractivity contribution in [1.29, 1.82) is 0 Å². The Morgan fingerprint density at radius 1 is 1.03 bits per heavy atom. The van der Waals surface area contributed by atoms with Crippen LogP contribution >= 0.6 is 0 Å². The summed E-state index contributed by atoms with van der Waals surface area (Å²) in [5, 5.41) is 8.49. The molecule has 1 aromatic carbocycles. The van der Waals surface area contributed by atoms with Crippen LogP contribution in [0.2, 0.25) is 0 Å². The van der Waals surface area contributed by atoms with Gasteiger partial charge in [0.2, 0.25) is 0 Å². The van der Waals surface area contributed by atoms with Crippen molar-refractivity contribution in [3.8, 4) is 11.3 Å². The predicted octanol–water partition coefficient (Wildman–Crippen LogP) is 4.33. The lowest BCUT2D eigenvalue weighted by Gasteiger charge is -2.11. The molecule has 3 heterocycles. The standard InChI is InChI=1S/C24H25N7O/c1-14-11-18(12-15(14)2)31-23-20(22(25)27-13-28-23)21(30-31)16-6-8-17(9-7-16)24(32)29-19-5-3-4-10-26-19/h3-10,13-15,18H,11-12H2,1-2H3,(H2,25,27,28)(H,26,29,32). The van der Waals surface area contributed by atoms with E-state index >= 15 is 0 Å². The number of nitrogens with two attached hydrogens (primary N) is 1. The Bertz CT molecular complexity index is 1260. The van der Waals surface area contributed by atoms with Crippen LogP contribution in [0.3, 0.4) is 0 Å². The molecular weight excluding hydrogens is 402 g/mol. The van der Waals surface area contributed by atoms with Crippen molar-refractivity contribution in [2.24, 2.45) is 11.8 Å². The number of anilines is 2. The van der Waals surface area contributed by atoms with Crippen LogP contribution in [-0.4, -0.2) is 30.6 Å². The summed E-state index contributed by atoms with van der Waals surface area (Å²) >= 11 is 0. The lowest BCUT2D eigenvalue weighted by atomic mass is 10.0. The highest BCUT2D eigenvalue weighted by atomic mass is 16.1. The molecule has 8 nitrogen and oxygen atoms in total. The third kappa shape index (κ3) is 3.57. The van der Waals surface area contributed by atoms with Gasteiger partial charge in [-0.2, -0.15) is 5.10 Å². The Morgan fingerprint density at radius 2 is 1.78 bits per heavy atom. The second-order valence-electron chi connectivity index (χ2n) is 8.58. The normalized spacial score (nSPS) is 20.5. The molecule has 1 aliphatic rings. The third-order valence-corrected chi connectivity index (χ3v) is 6.45. The van der Waals surface area contributed by atoms with Gasteiger partial charge in [0.25, 0.3) is 5.91 Å². The minimum absolute atomic E-state index is 0.220. The van der Waals surface area contributed by atoms with E-state index in [4.69, 9.17) is 10.8 Å². The van der Waals surface area contributed by atoms with Crippen molar-refractivity contribution < 1.29 is 4.79 Å². The molecule has 2 atom stereocenters. The minimum atomic E-state index is -0.220. The summed E-state index contributed by atoms with van der Waals surface area (Å²) in [7, 11) is 0. The van der Waals surface area contributed by atoms with Gasteiger partial charge in [-0.1, -0.05) is 32.0 Å². The highest BCUT2D eigenvalue weighted by molar-refractivity contribution is 6.04. The summed E-state index contributed by atoms with van der Waals surface area (Å²) in [6.07, 6.45) is 5.26. The first kappa shape index (κ1) is 20.1. The molecular formula is C24H25N7O. The first-order valence-corrected chi connectivity index (χ1v) is 10.8. The van der Waals surface area contributed by atoms with Crippen LogP contribution in [0.25, 0.3) is 22.3 Å². The molecule has 8 heteroatoms. The molecule has 3 N–H and O–H groups in total. The Balaban J connectivity index is 1.49. The molecule has 4 aromatic rings. The molecule has 5 rings (SSSR count). The minimum Gasteiger partial charge on any atom is -0.383 e. The molecule has 1 amide bonds. The zero-order valence-corrected chi connectivity index (χ0v) is 18.1. The zero-order valence-electron chi connectivity index (χ0n) is 18.1. The predicted molar refractivity (Wildman–Crippen MR) is 124 cm³/mol. The number of carbonyl (C=O) groups excluding carboxylic acids is 1. The van der Waals surface area contributed by atoms with Gasteiger partial charge in [0.1, 0.15) is 23.7 Å². The summed E-state index contributed by atoms with van der Waals surface area (Å²) in [5.74, 6) is 1.98. The van der Waals surface area contributed by atoms with Gasteiger partial charge in [0, 0.05) is 17.3 Å². The Labute approximate surface area is 185 Å². The van der Waals surface area contributed by atoms with Crippen molar-refractivity contribution in [3.63, 3.8) is 0 Å². The highest BCUT2D eigenvalue weighted by Crippen LogP contribution is 2.41. The van der Waals surface area contributed by atoms with Crippen LogP contribution in [0.1, 0.15) is 43.1 Å². The first-order chi connectivity index (χ1) is 15.5. The van der Waals surface area contributed by atoms with Crippen LogP contribution < -0.4 is 11.1 Å². The Kier molecular flexibility index (Phi) is 5.05. The van der Waals surface area contributed by atoms with Crippen molar-refractivity contribution in [3.05, 3.63) is 60.6 Å². The molecule has 1 saturated carbocycles. The van der Waals surface area contributed by atoms with Crippen LogP contribution in [-0.2, 0) is 0 Å². The van der Waals surface area contributed by atoms with Gasteiger partial charge >= 0.3 is 0 Å². The lowest BCUT2D eigenvalue weighted by Crippen LogP contribution is -2.12. The van der Waals surface area contributed by atoms with E-state index in [1.54, 1.807) is 30.5 Å². The van der Waals surface area contributed by atoms with Gasteiger partial charge in [0.05, 0.1) is 11.4 Å². The third-order valence-electron chi connectivity index (χ3n) is 6.45. The molecule has 0 aliphatic heterocycles. The van der Waals surface area contributed by atoms with Gasteiger partial charge in [0.15, 0.2) is 5.65 Å². The van der Waals surface area contributed by atoms with Gasteiger partial charge < -0.3 is 11.1 Å². The maximum atomic E-state index is 12.6. The van der Waals surface area contributed by atoms with Gasteiger partial charge in [-0.25, -0.2) is 19.6 Å². The second kappa shape index (κ2) is 8.03. The topological polar surface area (TPSA) is 112 Å². The number of benzene rings is 1. The Hall–Kier alpha value is -3.81. The molecule has 162 valence electrons. The summed E-state index contributed by atoms with van der Waals surface area (Å²) in [6.45, 7) is 4.57. The number of amides is 1. The van der Waals surface area contributed by atoms with E-state index in [1.807, 2.05) is 22.9 Å². The number of pyridine rings is 1. The summed E-state index contributed by atoms with van der Waals surface area (Å²) in [4.78, 5) is 25.4. The fourth-order valence-electron chi connectivity index (χ4n) is 4.48. The summed E-state index contributed by atoms with van der Waals surface area (Å²) in [5.41, 5.74) is 9.15. The van der Waals surface area contributed by atoms with E-state index in [9.17, 15) is 4.79 Å². The molecule has 0 saturated heterocycles. The van der Waals surface area contributed by atoms with Gasteiger partial charge in [-0.05, 0) is 48.9 Å². The highest BCUT2D eigenvalue weighted by Gasteiger charge is 2.32. The van der Waals surface area contributed by atoms with E-state index in [-0.39, 0.29) is 11.9 Å². The Morgan fingerprint density at radius 3 is 2.47 bits per heavy atom. The number of fused-ring (bicyclic) bond motifs is 1. The van der Waals surface area contributed by atoms with Crippen LogP contribution in [0.15, 0.2) is 55.0 Å². The average molecular weight is 428 g/mol. The molecule has 0 bridgehead atoms. The number of carbonyl (C=O) groups is 1. The van der Waals surface area contributed by atoms with E-state index in [0.29, 0.717) is 29.0 Å². The SMILES string of the molecule is CC1CC(n2nc(-c3ccc(C(=O)Nc4ccccn4)cc3)c3c(N)ncnc32)CC1C. The van der Waals surface area contributed by atoms with E-state index < -0.39 is 0 Å². The molecule has 0 spiro atoms. The van der Waals surface area contributed by atoms with Crippen LogP contribution in [0, 0.1) is 11.8 Å².